The highest BCUT2D eigenvalue weighted by Gasteiger charge is 1.97. The molecule has 0 saturated heterocycles. The van der Waals surface area contributed by atoms with E-state index in [0.717, 1.165) is 29.3 Å². The first-order valence-corrected chi connectivity index (χ1v) is 4.85. The molecule has 0 bridgehead atoms. The molecule has 0 aliphatic carbocycles. The van der Waals surface area contributed by atoms with Crippen molar-refractivity contribution < 1.29 is 0 Å². The summed E-state index contributed by atoms with van der Waals surface area (Å²) in [6.45, 7) is 0.734. The van der Waals surface area contributed by atoms with Gasteiger partial charge in [-0.2, -0.15) is 0 Å². The lowest BCUT2D eigenvalue weighted by atomic mass is 10.4. The highest BCUT2D eigenvalue weighted by molar-refractivity contribution is 7.99. The van der Waals surface area contributed by atoms with Gasteiger partial charge in [0, 0.05) is 11.1 Å². The fourth-order valence-electron chi connectivity index (χ4n) is 0.791. The summed E-state index contributed by atoms with van der Waals surface area (Å²) >= 11 is 1.73. The maximum absolute atomic E-state index is 5.69. The van der Waals surface area contributed by atoms with Crippen LogP contribution in [0.4, 0.5) is 5.69 Å². The van der Waals surface area contributed by atoms with Crippen LogP contribution in [0, 0.1) is 0 Å². The van der Waals surface area contributed by atoms with Gasteiger partial charge < -0.3 is 11.5 Å². The average molecular weight is 183 g/mol. The SMILES string of the molecule is NCCCSc1ccncc1N. The minimum Gasteiger partial charge on any atom is -0.397 e. The third-order valence-corrected chi connectivity index (χ3v) is 2.59. The number of rotatable bonds is 4. The molecule has 3 nitrogen and oxygen atoms in total. The van der Waals surface area contributed by atoms with Gasteiger partial charge in [0.2, 0.25) is 0 Å². The molecule has 0 radical (unpaired) electrons. The van der Waals surface area contributed by atoms with Crippen molar-refractivity contribution in [3.8, 4) is 0 Å². The molecule has 4 N–H and O–H groups in total. The van der Waals surface area contributed by atoms with E-state index in [1.54, 1.807) is 24.2 Å². The second-order valence-electron chi connectivity index (χ2n) is 2.40. The number of nitrogen functional groups attached to an aromatic ring is 1. The van der Waals surface area contributed by atoms with Crippen LogP contribution in [0.25, 0.3) is 0 Å². The quantitative estimate of drug-likeness (QED) is 0.542. The van der Waals surface area contributed by atoms with Gasteiger partial charge in [-0.1, -0.05) is 0 Å². The number of hydrogen-bond donors (Lipinski definition) is 2. The van der Waals surface area contributed by atoms with E-state index in [2.05, 4.69) is 4.98 Å². The molecule has 0 aromatic carbocycles. The van der Waals surface area contributed by atoms with Crippen LogP contribution >= 0.6 is 11.8 Å². The Kier molecular flexibility index (Phi) is 3.90. The largest absolute Gasteiger partial charge is 0.397 e. The van der Waals surface area contributed by atoms with Crippen molar-refractivity contribution in [1.82, 2.24) is 4.98 Å². The second kappa shape index (κ2) is 5.00. The Morgan fingerprint density at radius 1 is 1.50 bits per heavy atom. The molecule has 1 rings (SSSR count). The van der Waals surface area contributed by atoms with E-state index in [9.17, 15) is 0 Å². The fourth-order valence-corrected chi connectivity index (χ4v) is 1.70. The molecule has 0 aliphatic heterocycles. The van der Waals surface area contributed by atoms with Crippen molar-refractivity contribution >= 4 is 17.4 Å². The molecular formula is C8H13N3S. The lowest BCUT2D eigenvalue weighted by molar-refractivity contribution is 0.943. The van der Waals surface area contributed by atoms with Crippen molar-refractivity contribution in [2.24, 2.45) is 5.73 Å². The van der Waals surface area contributed by atoms with E-state index >= 15 is 0 Å². The topological polar surface area (TPSA) is 64.9 Å². The van der Waals surface area contributed by atoms with E-state index in [1.165, 1.54) is 0 Å². The number of anilines is 1. The van der Waals surface area contributed by atoms with Gasteiger partial charge in [-0.25, -0.2) is 0 Å². The van der Waals surface area contributed by atoms with Crippen molar-refractivity contribution in [2.75, 3.05) is 18.0 Å². The Morgan fingerprint density at radius 3 is 3.00 bits per heavy atom. The van der Waals surface area contributed by atoms with Gasteiger partial charge in [-0.3, -0.25) is 4.98 Å². The molecule has 0 spiro atoms. The summed E-state index contributed by atoms with van der Waals surface area (Å²) in [4.78, 5) is 5.01. The van der Waals surface area contributed by atoms with Gasteiger partial charge >= 0.3 is 0 Å². The van der Waals surface area contributed by atoms with Crippen LogP contribution in [0.1, 0.15) is 6.42 Å². The van der Waals surface area contributed by atoms with Gasteiger partial charge in [0.25, 0.3) is 0 Å². The van der Waals surface area contributed by atoms with E-state index in [0.29, 0.717) is 0 Å². The number of pyridine rings is 1. The molecule has 66 valence electrons. The van der Waals surface area contributed by atoms with E-state index < -0.39 is 0 Å². The van der Waals surface area contributed by atoms with Crippen LogP contribution in [0.15, 0.2) is 23.4 Å². The molecule has 0 aliphatic rings. The van der Waals surface area contributed by atoms with E-state index in [1.807, 2.05) is 6.07 Å². The van der Waals surface area contributed by atoms with Crippen LogP contribution in [0.5, 0.6) is 0 Å². The summed E-state index contributed by atoms with van der Waals surface area (Å²) in [5.41, 5.74) is 11.8. The lowest BCUT2D eigenvalue weighted by Crippen LogP contribution is -1.99. The smallest absolute Gasteiger partial charge is 0.0638 e. The minimum atomic E-state index is 0.734. The molecule has 4 heteroatoms. The number of nitrogens with two attached hydrogens (primary N) is 2. The predicted octanol–water partition coefficient (Wildman–Crippen LogP) is 1.10. The van der Waals surface area contributed by atoms with Crippen molar-refractivity contribution in [3.63, 3.8) is 0 Å². The van der Waals surface area contributed by atoms with E-state index in [-0.39, 0.29) is 0 Å². The Labute approximate surface area is 76.5 Å². The highest BCUT2D eigenvalue weighted by Crippen LogP contribution is 2.23. The fraction of sp³-hybridized carbons (Fsp3) is 0.375. The van der Waals surface area contributed by atoms with Crippen LogP contribution in [0.2, 0.25) is 0 Å². The van der Waals surface area contributed by atoms with Crippen molar-refractivity contribution in [1.29, 1.82) is 0 Å². The first kappa shape index (κ1) is 9.35. The molecule has 0 saturated carbocycles. The molecule has 0 amide bonds. The summed E-state index contributed by atoms with van der Waals surface area (Å²) in [7, 11) is 0. The number of nitrogens with zero attached hydrogens (tertiary/aromatic N) is 1. The Morgan fingerprint density at radius 2 is 2.33 bits per heavy atom. The standard InChI is InChI=1S/C8H13N3S/c9-3-1-5-12-8-2-4-11-6-7(8)10/h2,4,6H,1,3,5,9-10H2. The normalized spacial score (nSPS) is 10.1. The molecule has 1 heterocycles. The van der Waals surface area contributed by atoms with Crippen LogP contribution in [0.3, 0.4) is 0 Å². The van der Waals surface area contributed by atoms with Gasteiger partial charge in [0.05, 0.1) is 11.9 Å². The third kappa shape index (κ3) is 2.71. The molecule has 0 unspecified atom stereocenters. The van der Waals surface area contributed by atoms with Crippen LogP contribution < -0.4 is 11.5 Å². The number of hydrogen-bond acceptors (Lipinski definition) is 4. The zero-order chi connectivity index (χ0) is 8.81. The Bertz CT molecular complexity index is 239. The Balaban J connectivity index is 2.46. The molecular weight excluding hydrogens is 170 g/mol. The maximum Gasteiger partial charge on any atom is 0.0638 e. The monoisotopic (exact) mass is 183 g/mol. The van der Waals surface area contributed by atoms with Gasteiger partial charge in [0.1, 0.15) is 0 Å². The number of aromatic nitrogens is 1. The zero-order valence-electron chi connectivity index (χ0n) is 6.86. The summed E-state index contributed by atoms with van der Waals surface area (Å²) in [5, 5.41) is 0. The molecule has 0 fully saturated rings. The predicted molar refractivity (Wildman–Crippen MR) is 53.0 cm³/mol. The first-order valence-electron chi connectivity index (χ1n) is 3.87. The van der Waals surface area contributed by atoms with Crippen molar-refractivity contribution in [2.45, 2.75) is 11.3 Å². The second-order valence-corrected chi connectivity index (χ2v) is 3.54. The zero-order valence-corrected chi connectivity index (χ0v) is 7.68. The van der Waals surface area contributed by atoms with Gasteiger partial charge in [-0.15, -0.1) is 11.8 Å². The van der Waals surface area contributed by atoms with Crippen LogP contribution in [-0.4, -0.2) is 17.3 Å². The maximum atomic E-state index is 5.69. The first-order chi connectivity index (χ1) is 5.84. The number of thioether (sulfide) groups is 1. The van der Waals surface area contributed by atoms with Crippen molar-refractivity contribution in [3.05, 3.63) is 18.5 Å². The molecule has 12 heavy (non-hydrogen) atoms. The summed E-state index contributed by atoms with van der Waals surface area (Å²) in [6.07, 6.45) is 4.44. The molecule has 1 aromatic rings. The van der Waals surface area contributed by atoms with Crippen LogP contribution in [-0.2, 0) is 0 Å². The summed E-state index contributed by atoms with van der Waals surface area (Å²) in [6, 6.07) is 1.93. The summed E-state index contributed by atoms with van der Waals surface area (Å²) < 4.78 is 0. The van der Waals surface area contributed by atoms with Gasteiger partial charge in [0.15, 0.2) is 0 Å². The molecule has 0 atom stereocenters. The van der Waals surface area contributed by atoms with E-state index in [4.69, 9.17) is 11.5 Å². The Hall–Kier alpha value is -0.740. The highest BCUT2D eigenvalue weighted by atomic mass is 32.2. The average Bonchev–Trinajstić information content (AvgIpc) is 2.09. The summed E-state index contributed by atoms with van der Waals surface area (Å²) in [5.74, 6) is 1.02. The third-order valence-electron chi connectivity index (χ3n) is 1.42. The van der Waals surface area contributed by atoms with Gasteiger partial charge in [-0.05, 0) is 24.8 Å². The molecule has 1 aromatic heterocycles. The minimum absolute atomic E-state index is 0.734. The lowest BCUT2D eigenvalue weighted by Gasteiger charge is -2.02.